The Labute approximate surface area is 84.2 Å². The number of methoxy groups -OCH3 is 1. The predicted molar refractivity (Wildman–Crippen MR) is 52.6 cm³/mol. The molecule has 0 bridgehead atoms. The molecule has 0 aliphatic carbocycles. The van der Waals surface area contributed by atoms with Crippen molar-refractivity contribution in [2.45, 2.75) is 5.33 Å². The molecular formula is C8H9BrN2O2. The summed E-state index contributed by atoms with van der Waals surface area (Å²) in [6.45, 7) is 0. The van der Waals surface area contributed by atoms with E-state index in [1.165, 1.54) is 7.11 Å². The van der Waals surface area contributed by atoms with Gasteiger partial charge in [-0.1, -0.05) is 22.0 Å². The van der Waals surface area contributed by atoms with Gasteiger partial charge in [-0.3, -0.25) is 0 Å². The summed E-state index contributed by atoms with van der Waals surface area (Å²) < 4.78 is 4.56. The second-order valence-electron chi connectivity index (χ2n) is 2.37. The molecule has 13 heavy (non-hydrogen) atoms. The van der Waals surface area contributed by atoms with E-state index in [4.69, 9.17) is 5.73 Å². The van der Waals surface area contributed by atoms with Crippen molar-refractivity contribution in [1.82, 2.24) is 4.98 Å². The number of carbonyl (C=O) groups excluding carboxylic acids is 1. The number of esters is 1. The van der Waals surface area contributed by atoms with E-state index < -0.39 is 5.97 Å². The van der Waals surface area contributed by atoms with E-state index in [9.17, 15) is 4.79 Å². The summed E-state index contributed by atoms with van der Waals surface area (Å²) in [5, 5.41) is 0.546. The van der Waals surface area contributed by atoms with Crippen LogP contribution in [0.1, 0.15) is 16.1 Å². The predicted octanol–water partition coefficient (Wildman–Crippen LogP) is 1.35. The maximum atomic E-state index is 11.2. The zero-order valence-electron chi connectivity index (χ0n) is 7.08. The van der Waals surface area contributed by atoms with Gasteiger partial charge in [0.15, 0.2) is 5.69 Å². The Morgan fingerprint density at radius 1 is 1.69 bits per heavy atom. The number of anilines is 1. The van der Waals surface area contributed by atoms with Gasteiger partial charge in [-0.05, 0) is 11.6 Å². The highest BCUT2D eigenvalue weighted by molar-refractivity contribution is 9.08. The number of nitrogens with zero attached hydrogens (tertiary/aromatic N) is 1. The van der Waals surface area contributed by atoms with Gasteiger partial charge < -0.3 is 10.5 Å². The lowest BCUT2D eigenvalue weighted by Crippen LogP contribution is -2.09. The number of alkyl halides is 1. The molecule has 1 heterocycles. The van der Waals surface area contributed by atoms with Crippen LogP contribution in [0, 0.1) is 0 Å². The van der Waals surface area contributed by atoms with Crippen molar-refractivity contribution in [3.8, 4) is 0 Å². The maximum Gasteiger partial charge on any atom is 0.357 e. The highest BCUT2D eigenvalue weighted by atomic mass is 79.9. The Morgan fingerprint density at radius 3 is 2.92 bits per heavy atom. The van der Waals surface area contributed by atoms with Gasteiger partial charge in [0.2, 0.25) is 0 Å². The molecule has 5 heteroatoms. The van der Waals surface area contributed by atoms with Crippen LogP contribution < -0.4 is 5.73 Å². The van der Waals surface area contributed by atoms with Crippen LogP contribution in [0.3, 0.4) is 0 Å². The zero-order chi connectivity index (χ0) is 9.84. The third kappa shape index (κ3) is 2.18. The second-order valence-corrected chi connectivity index (χ2v) is 2.93. The minimum Gasteiger partial charge on any atom is -0.464 e. The Hall–Kier alpha value is -1.10. The van der Waals surface area contributed by atoms with E-state index in [0.717, 1.165) is 5.56 Å². The molecule has 2 N–H and O–H groups in total. The lowest BCUT2D eigenvalue weighted by atomic mass is 10.2. The van der Waals surface area contributed by atoms with Gasteiger partial charge in [-0.15, -0.1) is 0 Å². The van der Waals surface area contributed by atoms with E-state index >= 15 is 0 Å². The third-order valence-electron chi connectivity index (χ3n) is 1.52. The number of halogens is 1. The Bertz CT molecular complexity index is 328. The van der Waals surface area contributed by atoms with E-state index in [0.29, 0.717) is 11.1 Å². The molecule has 0 fully saturated rings. The van der Waals surface area contributed by atoms with Crippen LogP contribution in [0.25, 0.3) is 0 Å². The number of hydrogen-bond acceptors (Lipinski definition) is 4. The average Bonchev–Trinajstić information content (AvgIpc) is 2.16. The molecule has 4 nitrogen and oxygen atoms in total. The molecule has 70 valence electrons. The molecule has 0 unspecified atom stereocenters. The Balaban J connectivity index is 3.15. The van der Waals surface area contributed by atoms with Crippen molar-refractivity contribution in [2.24, 2.45) is 0 Å². The van der Waals surface area contributed by atoms with Crippen molar-refractivity contribution < 1.29 is 9.53 Å². The molecule has 0 saturated heterocycles. The van der Waals surface area contributed by atoms with Crippen LogP contribution in [0.15, 0.2) is 12.1 Å². The van der Waals surface area contributed by atoms with Crippen LogP contribution in [0.4, 0.5) is 5.82 Å². The lowest BCUT2D eigenvalue weighted by Gasteiger charge is -2.04. The smallest absolute Gasteiger partial charge is 0.357 e. The molecule has 1 rings (SSSR count). The molecule has 0 saturated carbocycles. The standard InChI is InChI=1S/C8H9BrN2O2/c1-13-8(12)7-5(4-9)2-3-6(10)11-7/h2-3H,4H2,1H3,(H2,10,11). The highest BCUT2D eigenvalue weighted by Crippen LogP contribution is 2.13. The van der Waals surface area contributed by atoms with Gasteiger partial charge in [0, 0.05) is 5.33 Å². The van der Waals surface area contributed by atoms with Gasteiger partial charge >= 0.3 is 5.97 Å². The highest BCUT2D eigenvalue weighted by Gasteiger charge is 2.12. The monoisotopic (exact) mass is 244 g/mol. The summed E-state index contributed by atoms with van der Waals surface area (Å²) in [5.41, 5.74) is 6.47. The van der Waals surface area contributed by atoms with Crippen LogP contribution in [-0.4, -0.2) is 18.1 Å². The molecule has 0 atom stereocenters. The van der Waals surface area contributed by atoms with Crippen molar-refractivity contribution in [1.29, 1.82) is 0 Å². The summed E-state index contributed by atoms with van der Waals surface area (Å²) in [5.74, 6) is -0.160. The molecule has 0 aliphatic heterocycles. The van der Waals surface area contributed by atoms with Crippen molar-refractivity contribution in [2.75, 3.05) is 12.8 Å². The van der Waals surface area contributed by atoms with Gasteiger partial charge in [0.25, 0.3) is 0 Å². The summed E-state index contributed by atoms with van der Waals surface area (Å²) in [6, 6.07) is 3.38. The normalized spacial score (nSPS) is 9.69. The Kier molecular flexibility index (Phi) is 3.25. The first-order valence-corrected chi connectivity index (χ1v) is 4.71. The van der Waals surface area contributed by atoms with Gasteiger partial charge in [0.05, 0.1) is 7.11 Å². The molecule has 0 radical (unpaired) electrons. The van der Waals surface area contributed by atoms with Crippen LogP contribution in [0.2, 0.25) is 0 Å². The van der Waals surface area contributed by atoms with Gasteiger partial charge in [-0.2, -0.15) is 0 Å². The number of rotatable bonds is 2. The SMILES string of the molecule is COC(=O)c1nc(N)ccc1CBr. The van der Waals surface area contributed by atoms with Crippen molar-refractivity contribution >= 4 is 27.7 Å². The first-order valence-electron chi connectivity index (χ1n) is 3.58. The maximum absolute atomic E-state index is 11.2. The first kappa shape index (κ1) is 9.98. The number of pyridine rings is 1. The number of ether oxygens (including phenoxy) is 1. The second kappa shape index (κ2) is 4.23. The fraction of sp³-hybridized carbons (Fsp3) is 0.250. The quantitative estimate of drug-likeness (QED) is 0.630. The number of nitrogen functional groups attached to an aromatic ring is 1. The third-order valence-corrected chi connectivity index (χ3v) is 2.13. The molecule has 0 aromatic carbocycles. The van der Waals surface area contributed by atoms with Gasteiger partial charge in [0.1, 0.15) is 5.82 Å². The molecule has 0 aliphatic rings. The topological polar surface area (TPSA) is 65.2 Å². The summed E-state index contributed by atoms with van der Waals surface area (Å²) >= 11 is 3.24. The van der Waals surface area contributed by atoms with Crippen LogP contribution >= 0.6 is 15.9 Å². The summed E-state index contributed by atoms with van der Waals surface area (Å²) in [7, 11) is 1.31. The number of hydrogen-bond donors (Lipinski definition) is 1. The largest absolute Gasteiger partial charge is 0.464 e. The van der Waals surface area contributed by atoms with E-state index in [-0.39, 0.29) is 5.69 Å². The molecule has 1 aromatic rings. The van der Waals surface area contributed by atoms with Crippen molar-refractivity contribution in [3.05, 3.63) is 23.4 Å². The molecular weight excluding hydrogens is 236 g/mol. The Morgan fingerprint density at radius 2 is 2.38 bits per heavy atom. The zero-order valence-corrected chi connectivity index (χ0v) is 8.67. The molecule has 1 aromatic heterocycles. The number of carbonyl (C=O) groups is 1. The van der Waals surface area contributed by atoms with E-state index in [2.05, 4.69) is 25.7 Å². The summed E-state index contributed by atoms with van der Waals surface area (Å²) in [4.78, 5) is 15.1. The first-order chi connectivity index (χ1) is 6.19. The fourth-order valence-electron chi connectivity index (χ4n) is 0.884. The average molecular weight is 245 g/mol. The van der Waals surface area contributed by atoms with Gasteiger partial charge in [-0.25, -0.2) is 9.78 Å². The molecule has 0 spiro atoms. The van der Waals surface area contributed by atoms with Crippen LogP contribution in [-0.2, 0) is 10.1 Å². The minimum absolute atomic E-state index is 0.263. The van der Waals surface area contributed by atoms with E-state index in [1.54, 1.807) is 12.1 Å². The lowest BCUT2D eigenvalue weighted by molar-refractivity contribution is 0.0593. The molecule has 0 amide bonds. The fourth-order valence-corrected chi connectivity index (χ4v) is 1.34. The van der Waals surface area contributed by atoms with E-state index in [1.807, 2.05) is 0 Å². The number of aromatic nitrogens is 1. The van der Waals surface area contributed by atoms with Crippen LogP contribution in [0.5, 0.6) is 0 Å². The minimum atomic E-state index is -0.471. The number of nitrogens with two attached hydrogens (primary N) is 1. The van der Waals surface area contributed by atoms with Crippen molar-refractivity contribution in [3.63, 3.8) is 0 Å². The summed E-state index contributed by atoms with van der Waals surface area (Å²) in [6.07, 6.45) is 0.